The van der Waals surface area contributed by atoms with E-state index in [1.54, 1.807) is 11.8 Å². The molecule has 0 nitrogen and oxygen atoms in total. The highest BCUT2D eigenvalue weighted by molar-refractivity contribution is 9.10. The Hall–Kier alpha value is -0.210. The molecular formula is C14H19BrS. The van der Waals surface area contributed by atoms with Gasteiger partial charge in [-0.2, -0.15) is 0 Å². The summed E-state index contributed by atoms with van der Waals surface area (Å²) in [6.45, 7) is 2.25. The molecule has 0 aromatic heterocycles. The van der Waals surface area contributed by atoms with Crippen molar-refractivity contribution in [2.24, 2.45) is 0 Å². The van der Waals surface area contributed by atoms with Gasteiger partial charge in [-0.25, -0.2) is 0 Å². The Labute approximate surface area is 112 Å². The SMILES string of the molecule is CCCCCC/C=C/Sc1ccc(Br)cc1. The van der Waals surface area contributed by atoms with Gasteiger partial charge in [0.1, 0.15) is 0 Å². The molecule has 0 aliphatic carbocycles. The van der Waals surface area contributed by atoms with E-state index in [1.807, 2.05) is 0 Å². The van der Waals surface area contributed by atoms with Crippen molar-refractivity contribution < 1.29 is 0 Å². The second-order valence-corrected chi connectivity index (χ2v) is 5.69. The molecule has 0 unspecified atom stereocenters. The first kappa shape index (κ1) is 13.9. The average molecular weight is 299 g/mol. The molecule has 0 bridgehead atoms. The Morgan fingerprint density at radius 2 is 1.88 bits per heavy atom. The Bertz CT molecular complexity index is 303. The molecule has 0 amide bonds. The molecular weight excluding hydrogens is 280 g/mol. The van der Waals surface area contributed by atoms with Gasteiger partial charge in [0.2, 0.25) is 0 Å². The molecule has 0 heterocycles. The maximum absolute atomic E-state index is 3.44. The van der Waals surface area contributed by atoms with Gasteiger partial charge in [0, 0.05) is 9.37 Å². The van der Waals surface area contributed by atoms with Gasteiger partial charge < -0.3 is 0 Å². The second kappa shape index (κ2) is 8.89. The number of thioether (sulfide) groups is 1. The quantitative estimate of drug-likeness (QED) is 0.438. The van der Waals surface area contributed by atoms with E-state index >= 15 is 0 Å². The van der Waals surface area contributed by atoms with Gasteiger partial charge in [0.05, 0.1) is 0 Å². The molecule has 2 heteroatoms. The molecule has 88 valence electrons. The summed E-state index contributed by atoms with van der Waals surface area (Å²) < 4.78 is 1.14. The van der Waals surface area contributed by atoms with Crippen molar-refractivity contribution in [1.82, 2.24) is 0 Å². The summed E-state index contributed by atoms with van der Waals surface area (Å²) in [5.41, 5.74) is 0. The third-order valence-corrected chi connectivity index (χ3v) is 3.74. The highest BCUT2D eigenvalue weighted by Crippen LogP contribution is 2.21. The van der Waals surface area contributed by atoms with Gasteiger partial charge >= 0.3 is 0 Å². The third kappa shape index (κ3) is 6.39. The fourth-order valence-corrected chi connectivity index (χ4v) is 2.34. The topological polar surface area (TPSA) is 0 Å². The summed E-state index contributed by atoms with van der Waals surface area (Å²) in [7, 11) is 0. The molecule has 0 N–H and O–H groups in total. The Morgan fingerprint density at radius 3 is 2.56 bits per heavy atom. The van der Waals surface area contributed by atoms with Crippen LogP contribution in [-0.2, 0) is 0 Å². The molecule has 16 heavy (non-hydrogen) atoms. The molecule has 0 atom stereocenters. The van der Waals surface area contributed by atoms with E-state index in [2.05, 4.69) is 58.6 Å². The lowest BCUT2D eigenvalue weighted by Crippen LogP contribution is -1.73. The predicted octanol–water partition coefficient (Wildman–Crippen LogP) is 6.03. The van der Waals surface area contributed by atoms with Crippen molar-refractivity contribution >= 4 is 27.7 Å². The highest BCUT2D eigenvalue weighted by atomic mass is 79.9. The van der Waals surface area contributed by atoms with Crippen LogP contribution in [-0.4, -0.2) is 0 Å². The summed E-state index contributed by atoms with van der Waals surface area (Å²) in [5, 5.41) is 2.20. The molecule has 0 spiro atoms. The Balaban J connectivity index is 2.14. The zero-order valence-corrected chi connectivity index (χ0v) is 12.2. The lowest BCUT2D eigenvalue weighted by atomic mass is 10.2. The first-order chi connectivity index (χ1) is 7.83. The van der Waals surface area contributed by atoms with Gasteiger partial charge in [-0.15, -0.1) is 0 Å². The number of allylic oxidation sites excluding steroid dienone is 1. The van der Waals surface area contributed by atoms with E-state index in [9.17, 15) is 0 Å². The minimum atomic E-state index is 1.14. The monoisotopic (exact) mass is 298 g/mol. The van der Waals surface area contributed by atoms with Crippen molar-refractivity contribution in [1.29, 1.82) is 0 Å². The zero-order valence-electron chi connectivity index (χ0n) is 9.79. The molecule has 0 aliphatic rings. The summed E-state index contributed by atoms with van der Waals surface area (Å²) in [4.78, 5) is 1.30. The number of hydrogen-bond acceptors (Lipinski definition) is 1. The van der Waals surface area contributed by atoms with Crippen LogP contribution in [0, 0.1) is 0 Å². The highest BCUT2D eigenvalue weighted by Gasteiger charge is 1.90. The van der Waals surface area contributed by atoms with Crippen molar-refractivity contribution in [3.63, 3.8) is 0 Å². The standard InChI is InChI=1S/C14H19BrS/c1-2-3-4-5-6-7-12-16-14-10-8-13(15)9-11-14/h7-12H,2-6H2,1H3/b12-7+. The van der Waals surface area contributed by atoms with Crippen LogP contribution in [0.1, 0.15) is 39.0 Å². The lowest BCUT2D eigenvalue weighted by molar-refractivity contribution is 0.675. The van der Waals surface area contributed by atoms with Crippen LogP contribution in [0.25, 0.3) is 0 Å². The molecule has 1 aromatic carbocycles. The normalized spacial score (nSPS) is 11.1. The number of benzene rings is 1. The van der Waals surface area contributed by atoms with E-state index in [0.717, 1.165) is 4.47 Å². The molecule has 0 radical (unpaired) electrons. The van der Waals surface area contributed by atoms with E-state index in [4.69, 9.17) is 0 Å². The van der Waals surface area contributed by atoms with Crippen LogP contribution >= 0.6 is 27.7 Å². The Morgan fingerprint density at radius 1 is 1.12 bits per heavy atom. The summed E-state index contributed by atoms with van der Waals surface area (Å²) >= 11 is 5.23. The van der Waals surface area contributed by atoms with Crippen molar-refractivity contribution in [3.8, 4) is 0 Å². The number of rotatable bonds is 7. The predicted molar refractivity (Wildman–Crippen MR) is 77.9 cm³/mol. The minimum absolute atomic E-state index is 1.14. The van der Waals surface area contributed by atoms with E-state index in [-0.39, 0.29) is 0 Å². The average Bonchev–Trinajstić information content (AvgIpc) is 2.30. The third-order valence-electron chi connectivity index (χ3n) is 2.34. The second-order valence-electron chi connectivity index (χ2n) is 3.79. The van der Waals surface area contributed by atoms with E-state index in [1.165, 1.54) is 37.0 Å². The maximum Gasteiger partial charge on any atom is 0.0176 e. The van der Waals surface area contributed by atoms with Crippen LogP contribution in [0.15, 0.2) is 45.1 Å². The van der Waals surface area contributed by atoms with Gasteiger partial charge in [-0.3, -0.25) is 0 Å². The number of hydrogen-bond donors (Lipinski definition) is 0. The van der Waals surface area contributed by atoms with Gasteiger partial charge in [0.15, 0.2) is 0 Å². The summed E-state index contributed by atoms with van der Waals surface area (Å²) in [6, 6.07) is 8.43. The largest absolute Gasteiger partial charge is 0.0984 e. The van der Waals surface area contributed by atoms with Crippen molar-refractivity contribution in [2.45, 2.75) is 43.9 Å². The van der Waals surface area contributed by atoms with Crippen LogP contribution in [0.5, 0.6) is 0 Å². The molecule has 0 saturated carbocycles. The molecule has 1 rings (SSSR count). The van der Waals surface area contributed by atoms with Crippen molar-refractivity contribution in [3.05, 3.63) is 40.2 Å². The maximum atomic E-state index is 3.44. The van der Waals surface area contributed by atoms with Crippen LogP contribution in [0.2, 0.25) is 0 Å². The molecule has 0 fully saturated rings. The molecule has 1 aromatic rings. The first-order valence-corrected chi connectivity index (χ1v) is 7.57. The van der Waals surface area contributed by atoms with E-state index in [0.29, 0.717) is 0 Å². The first-order valence-electron chi connectivity index (χ1n) is 5.90. The molecule has 0 aliphatic heterocycles. The van der Waals surface area contributed by atoms with Crippen LogP contribution in [0.4, 0.5) is 0 Å². The zero-order chi connectivity index (χ0) is 11.6. The van der Waals surface area contributed by atoms with Crippen LogP contribution < -0.4 is 0 Å². The van der Waals surface area contributed by atoms with E-state index < -0.39 is 0 Å². The van der Waals surface area contributed by atoms with Gasteiger partial charge in [-0.1, -0.05) is 60.0 Å². The fourth-order valence-electron chi connectivity index (χ4n) is 1.40. The fraction of sp³-hybridized carbons (Fsp3) is 0.429. The summed E-state index contributed by atoms with van der Waals surface area (Å²) in [6.07, 6.45) is 8.87. The van der Waals surface area contributed by atoms with Gasteiger partial charge in [0.25, 0.3) is 0 Å². The number of halogens is 1. The smallest absolute Gasteiger partial charge is 0.0176 e. The van der Waals surface area contributed by atoms with Crippen LogP contribution in [0.3, 0.4) is 0 Å². The molecule has 0 saturated heterocycles. The Kier molecular flexibility index (Phi) is 7.69. The summed E-state index contributed by atoms with van der Waals surface area (Å²) in [5.74, 6) is 0. The lowest BCUT2D eigenvalue weighted by Gasteiger charge is -1.96. The number of unbranched alkanes of at least 4 members (excludes halogenated alkanes) is 4. The van der Waals surface area contributed by atoms with Gasteiger partial charge in [-0.05, 0) is 42.5 Å². The van der Waals surface area contributed by atoms with Crippen molar-refractivity contribution in [2.75, 3.05) is 0 Å². The minimum Gasteiger partial charge on any atom is -0.0984 e.